The molecule has 1 amide bonds. The molecule has 0 fully saturated rings. The fourth-order valence-corrected chi connectivity index (χ4v) is 2.34. The number of pyridine rings is 1. The average molecular weight is 349 g/mol. The van der Waals surface area contributed by atoms with Gasteiger partial charge in [0.25, 0.3) is 5.91 Å². The minimum Gasteiger partial charge on any atom is -0.478 e. The molecule has 5 nitrogen and oxygen atoms in total. The summed E-state index contributed by atoms with van der Waals surface area (Å²) < 4.78 is 0.508. The molecular formula is C15H13BrN2O3. The van der Waals surface area contributed by atoms with Gasteiger partial charge >= 0.3 is 5.97 Å². The highest BCUT2D eigenvalue weighted by atomic mass is 79.9. The third kappa shape index (κ3) is 3.46. The van der Waals surface area contributed by atoms with E-state index in [0.29, 0.717) is 21.4 Å². The Kier molecular flexibility index (Phi) is 4.37. The largest absolute Gasteiger partial charge is 0.478 e. The number of anilines is 1. The standard InChI is InChI=1S/C15H13BrN2O3/c1-8-3-5-11(9(2)17-8)14(19)18-13-6-4-10(15(20)21)7-12(13)16/h3-7H,1-2H3,(H,18,19)(H,20,21). The Morgan fingerprint density at radius 1 is 1.19 bits per heavy atom. The SMILES string of the molecule is Cc1ccc(C(=O)Nc2ccc(C(=O)O)cc2Br)c(C)n1. The number of rotatable bonds is 3. The molecule has 0 aliphatic heterocycles. The molecule has 0 saturated heterocycles. The molecular weight excluding hydrogens is 336 g/mol. The molecule has 0 aliphatic rings. The summed E-state index contributed by atoms with van der Waals surface area (Å²) in [5.74, 6) is -1.31. The number of carboxylic acid groups (broad SMARTS) is 1. The van der Waals surface area contributed by atoms with Gasteiger partial charge in [-0.25, -0.2) is 4.79 Å². The number of benzene rings is 1. The monoisotopic (exact) mass is 348 g/mol. The number of aromatic carboxylic acids is 1. The minimum atomic E-state index is -1.02. The van der Waals surface area contributed by atoms with Crippen molar-refractivity contribution < 1.29 is 14.7 Å². The summed E-state index contributed by atoms with van der Waals surface area (Å²) in [6.07, 6.45) is 0. The van der Waals surface area contributed by atoms with E-state index in [1.165, 1.54) is 12.1 Å². The van der Waals surface area contributed by atoms with Crippen molar-refractivity contribution in [3.63, 3.8) is 0 Å². The quantitative estimate of drug-likeness (QED) is 0.890. The van der Waals surface area contributed by atoms with Crippen molar-refractivity contribution >= 4 is 33.5 Å². The number of aromatic nitrogens is 1. The first-order chi connectivity index (χ1) is 9.88. The van der Waals surface area contributed by atoms with E-state index in [1.807, 2.05) is 6.92 Å². The van der Waals surface area contributed by atoms with Gasteiger partial charge < -0.3 is 10.4 Å². The van der Waals surface area contributed by atoms with Crippen LogP contribution in [0.5, 0.6) is 0 Å². The number of carbonyl (C=O) groups is 2. The van der Waals surface area contributed by atoms with Gasteiger partial charge in [-0.3, -0.25) is 9.78 Å². The number of carbonyl (C=O) groups excluding carboxylic acids is 1. The summed E-state index contributed by atoms with van der Waals surface area (Å²) >= 11 is 3.25. The zero-order valence-electron chi connectivity index (χ0n) is 11.5. The minimum absolute atomic E-state index is 0.146. The van der Waals surface area contributed by atoms with E-state index in [9.17, 15) is 9.59 Å². The predicted octanol–water partition coefficient (Wildman–Crippen LogP) is 3.41. The molecule has 0 aliphatic carbocycles. The number of carboxylic acids is 1. The summed E-state index contributed by atoms with van der Waals surface area (Å²) in [5, 5.41) is 11.6. The van der Waals surface area contributed by atoms with Crippen molar-refractivity contribution in [3.05, 3.63) is 57.3 Å². The molecule has 0 atom stereocenters. The molecule has 6 heteroatoms. The van der Waals surface area contributed by atoms with Crippen molar-refractivity contribution in [1.29, 1.82) is 0 Å². The van der Waals surface area contributed by atoms with E-state index >= 15 is 0 Å². The van der Waals surface area contributed by atoms with Gasteiger partial charge in [-0.15, -0.1) is 0 Å². The lowest BCUT2D eigenvalue weighted by Crippen LogP contribution is -2.15. The summed E-state index contributed by atoms with van der Waals surface area (Å²) in [6.45, 7) is 3.63. The Morgan fingerprint density at radius 3 is 2.48 bits per heavy atom. The summed E-state index contributed by atoms with van der Waals surface area (Å²) in [7, 11) is 0. The molecule has 108 valence electrons. The number of amides is 1. The maximum Gasteiger partial charge on any atom is 0.335 e. The second-order valence-electron chi connectivity index (χ2n) is 4.54. The Labute approximate surface area is 130 Å². The first-order valence-corrected chi connectivity index (χ1v) is 6.96. The number of aryl methyl sites for hydroxylation is 2. The summed E-state index contributed by atoms with van der Waals surface area (Å²) in [5.41, 5.74) is 2.62. The number of nitrogens with zero attached hydrogens (tertiary/aromatic N) is 1. The van der Waals surface area contributed by atoms with Crippen molar-refractivity contribution in [2.24, 2.45) is 0 Å². The van der Waals surface area contributed by atoms with E-state index in [2.05, 4.69) is 26.2 Å². The maximum atomic E-state index is 12.2. The lowest BCUT2D eigenvalue weighted by Gasteiger charge is -2.10. The Balaban J connectivity index is 2.25. The molecule has 2 N–H and O–H groups in total. The molecule has 2 rings (SSSR count). The lowest BCUT2D eigenvalue weighted by molar-refractivity contribution is 0.0696. The van der Waals surface area contributed by atoms with Gasteiger partial charge in [0.2, 0.25) is 0 Å². The molecule has 0 bridgehead atoms. The van der Waals surface area contributed by atoms with Gasteiger partial charge in [-0.05, 0) is 60.1 Å². The fourth-order valence-electron chi connectivity index (χ4n) is 1.87. The highest BCUT2D eigenvalue weighted by Gasteiger charge is 2.13. The Morgan fingerprint density at radius 2 is 1.90 bits per heavy atom. The molecule has 2 aromatic rings. The number of halogens is 1. The zero-order valence-corrected chi connectivity index (χ0v) is 13.1. The van der Waals surface area contributed by atoms with Crippen LogP contribution in [0.4, 0.5) is 5.69 Å². The summed E-state index contributed by atoms with van der Waals surface area (Å²) in [4.78, 5) is 27.3. The van der Waals surface area contributed by atoms with Crippen LogP contribution in [0.1, 0.15) is 32.1 Å². The topological polar surface area (TPSA) is 79.3 Å². The van der Waals surface area contributed by atoms with Crippen LogP contribution >= 0.6 is 15.9 Å². The van der Waals surface area contributed by atoms with Gasteiger partial charge in [0.15, 0.2) is 0 Å². The second-order valence-corrected chi connectivity index (χ2v) is 5.39. The molecule has 1 heterocycles. The van der Waals surface area contributed by atoms with Crippen molar-refractivity contribution in [2.45, 2.75) is 13.8 Å². The van der Waals surface area contributed by atoms with Crippen molar-refractivity contribution in [1.82, 2.24) is 4.98 Å². The molecule has 0 saturated carbocycles. The van der Waals surface area contributed by atoms with Crippen LogP contribution in [0, 0.1) is 13.8 Å². The van der Waals surface area contributed by atoms with Gasteiger partial charge in [0, 0.05) is 10.2 Å². The smallest absolute Gasteiger partial charge is 0.335 e. The molecule has 0 radical (unpaired) electrons. The maximum absolute atomic E-state index is 12.2. The van der Waals surface area contributed by atoms with Gasteiger partial charge in [-0.1, -0.05) is 0 Å². The van der Waals surface area contributed by atoms with E-state index in [1.54, 1.807) is 25.1 Å². The van der Waals surface area contributed by atoms with Crippen LogP contribution in [-0.2, 0) is 0 Å². The first kappa shape index (κ1) is 15.2. The van der Waals surface area contributed by atoms with Crippen molar-refractivity contribution in [2.75, 3.05) is 5.32 Å². The van der Waals surface area contributed by atoms with E-state index in [0.717, 1.165) is 5.69 Å². The van der Waals surface area contributed by atoms with E-state index < -0.39 is 5.97 Å². The van der Waals surface area contributed by atoms with Crippen LogP contribution < -0.4 is 5.32 Å². The molecule has 0 unspecified atom stereocenters. The Bertz CT molecular complexity index is 729. The molecule has 1 aromatic carbocycles. The number of hydrogen-bond donors (Lipinski definition) is 2. The normalized spacial score (nSPS) is 10.2. The second kappa shape index (κ2) is 6.05. The molecule has 1 aromatic heterocycles. The number of hydrogen-bond acceptors (Lipinski definition) is 3. The van der Waals surface area contributed by atoms with Crippen LogP contribution in [-0.4, -0.2) is 22.0 Å². The van der Waals surface area contributed by atoms with Crippen LogP contribution in [0.25, 0.3) is 0 Å². The first-order valence-electron chi connectivity index (χ1n) is 6.17. The van der Waals surface area contributed by atoms with Crippen LogP contribution in [0.3, 0.4) is 0 Å². The zero-order chi connectivity index (χ0) is 15.6. The lowest BCUT2D eigenvalue weighted by atomic mass is 10.1. The van der Waals surface area contributed by atoms with Crippen molar-refractivity contribution in [3.8, 4) is 0 Å². The average Bonchev–Trinajstić information content (AvgIpc) is 2.40. The molecule has 0 spiro atoms. The highest BCUT2D eigenvalue weighted by Crippen LogP contribution is 2.24. The third-order valence-corrected chi connectivity index (χ3v) is 3.59. The summed E-state index contributed by atoms with van der Waals surface area (Å²) in [6, 6.07) is 7.90. The van der Waals surface area contributed by atoms with Crippen LogP contribution in [0.15, 0.2) is 34.8 Å². The third-order valence-electron chi connectivity index (χ3n) is 2.93. The van der Waals surface area contributed by atoms with Gasteiger partial charge in [0.05, 0.1) is 22.5 Å². The Hall–Kier alpha value is -2.21. The van der Waals surface area contributed by atoms with E-state index in [-0.39, 0.29) is 11.5 Å². The highest BCUT2D eigenvalue weighted by molar-refractivity contribution is 9.10. The van der Waals surface area contributed by atoms with E-state index in [4.69, 9.17) is 5.11 Å². The fraction of sp³-hybridized carbons (Fsp3) is 0.133. The van der Waals surface area contributed by atoms with Gasteiger partial charge in [-0.2, -0.15) is 0 Å². The van der Waals surface area contributed by atoms with Gasteiger partial charge in [0.1, 0.15) is 0 Å². The predicted molar refractivity (Wildman–Crippen MR) is 82.8 cm³/mol. The van der Waals surface area contributed by atoms with Crippen LogP contribution in [0.2, 0.25) is 0 Å². The molecule has 21 heavy (non-hydrogen) atoms. The number of nitrogens with one attached hydrogen (secondary N) is 1.